The number of hydrogen-bond acceptors (Lipinski definition) is 2. The molecule has 1 saturated heterocycles. The highest BCUT2D eigenvalue weighted by Gasteiger charge is 2.52. The number of nitrogens with zero attached hydrogens (tertiary/aromatic N) is 1. The zero-order chi connectivity index (χ0) is 12.8. The van der Waals surface area contributed by atoms with Gasteiger partial charge in [-0.25, -0.2) is 0 Å². The minimum atomic E-state index is -0.721. The van der Waals surface area contributed by atoms with E-state index in [-0.39, 0.29) is 11.8 Å². The highest BCUT2D eigenvalue weighted by atomic mass is 16.2. The molecule has 1 atom stereocenters. The van der Waals surface area contributed by atoms with Crippen LogP contribution in [0.4, 0.5) is 0 Å². The second-order valence-corrected chi connectivity index (χ2v) is 6.06. The van der Waals surface area contributed by atoms with Gasteiger partial charge in [0.05, 0.1) is 0 Å². The Bertz CT molecular complexity index is 360. The van der Waals surface area contributed by atoms with Gasteiger partial charge in [-0.15, -0.1) is 0 Å². The van der Waals surface area contributed by atoms with Crippen LogP contribution in [0.25, 0.3) is 0 Å². The molecule has 0 aromatic heterocycles. The van der Waals surface area contributed by atoms with Gasteiger partial charge in [-0.3, -0.25) is 9.59 Å². The molecule has 1 aliphatic heterocycles. The van der Waals surface area contributed by atoms with Crippen LogP contribution in [0.5, 0.6) is 0 Å². The van der Waals surface area contributed by atoms with Gasteiger partial charge in [0, 0.05) is 6.54 Å². The average Bonchev–Trinajstić information content (AvgIpc) is 3.06. The summed E-state index contributed by atoms with van der Waals surface area (Å²) in [5, 5.41) is 2.88. The van der Waals surface area contributed by atoms with Crippen LogP contribution in [0.3, 0.4) is 0 Å². The summed E-state index contributed by atoms with van der Waals surface area (Å²) in [6.45, 7) is 8.15. The lowest BCUT2D eigenvalue weighted by molar-refractivity contribution is -0.160. The van der Waals surface area contributed by atoms with Gasteiger partial charge < -0.3 is 10.2 Å². The van der Waals surface area contributed by atoms with E-state index < -0.39 is 11.1 Å². The van der Waals surface area contributed by atoms with Crippen molar-refractivity contribution in [2.24, 2.45) is 5.92 Å². The first-order chi connectivity index (χ1) is 7.81. The first kappa shape index (κ1) is 12.4. The van der Waals surface area contributed by atoms with Gasteiger partial charge in [-0.05, 0) is 46.0 Å². The fraction of sp³-hybridized carbons (Fsp3) is 0.846. The number of hydrogen-bond donors (Lipinski definition) is 1. The minimum absolute atomic E-state index is 0.0397. The van der Waals surface area contributed by atoms with E-state index in [0.29, 0.717) is 12.3 Å². The van der Waals surface area contributed by atoms with Crippen LogP contribution < -0.4 is 5.32 Å². The van der Waals surface area contributed by atoms with Gasteiger partial charge in [-0.1, -0.05) is 6.92 Å². The quantitative estimate of drug-likeness (QED) is 0.805. The molecule has 2 aliphatic rings. The number of piperazine rings is 1. The van der Waals surface area contributed by atoms with Gasteiger partial charge in [0.1, 0.15) is 11.1 Å². The van der Waals surface area contributed by atoms with Crippen LogP contribution in [0.15, 0.2) is 0 Å². The Morgan fingerprint density at radius 3 is 2.35 bits per heavy atom. The van der Waals surface area contributed by atoms with Crippen molar-refractivity contribution in [2.45, 2.75) is 58.0 Å². The summed E-state index contributed by atoms with van der Waals surface area (Å²) in [4.78, 5) is 26.4. The second kappa shape index (κ2) is 3.72. The van der Waals surface area contributed by atoms with E-state index in [2.05, 4.69) is 5.32 Å². The predicted octanol–water partition coefficient (Wildman–Crippen LogP) is 1.30. The molecule has 0 aromatic carbocycles. The Labute approximate surface area is 103 Å². The maximum Gasteiger partial charge on any atom is 0.248 e. The molecule has 96 valence electrons. The van der Waals surface area contributed by atoms with Gasteiger partial charge in [0.15, 0.2) is 0 Å². The molecule has 1 N–H and O–H groups in total. The number of rotatable bonds is 3. The number of carbonyl (C=O) groups is 2. The van der Waals surface area contributed by atoms with Crippen molar-refractivity contribution in [2.75, 3.05) is 6.54 Å². The first-order valence-electron chi connectivity index (χ1n) is 6.46. The van der Waals surface area contributed by atoms with E-state index in [4.69, 9.17) is 0 Å². The van der Waals surface area contributed by atoms with E-state index in [1.807, 2.05) is 27.7 Å². The van der Waals surface area contributed by atoms with Crippen LogP contribution in [-0.2, 0) is 9.59 Å². The van der Waals surface area contributed by atoms with E-state index in [0.717, 1.165) is 6.54 Å². The molecule has 2 amide bonds. The zero-order valence-corrected chi connectivity index (χ0v) is 11.2. The van der Waals surface area contributed by atoms with Crippen LogP contribution in [0.1, 0.15) is 47.0 Å². The van der Waals surface area contributed by atoms with Gasteiger partial charge >= 0.3 is 0 Å². The molecule has 1 heterocycles. The Morgan fingerprint density at radius 1 is 1.29 bits per heavy atom. The monoisotopic (exact) mass is 238 g/mol. The lowest BCUT2D eigenvalue weighted by Gasteiger charge is -2.48. The first-order valence-corrected chi connectivity index (χ1v) is 6.46. The lowest BCUT2D eigenvalue weighted by atomic mass is 9.86. The van der Waals surface area contributed by atoms with Crippen molar-refractivity contribution in [1.82, 2.24) is 10.2 Å². The third-order valence-corrected chi connectivity index (χ3v) is 4.18. The fourth-order valence-electron chi connectivity index (χ4n) is 2.24. The molecular weight excluding hydrogens is 216 g/mol. The summed E-state index contributed by atoms with van der Waals surface area (Å²) >= 11 is 0. The van der Waals surface area contributed by atoms with Gasteiger partial charge in [-0.2, -0.15) is 0 Å². The van der Waals surface area contributed by atoms with Crippen LogP contribution in [-0.4, -0.2) is 34.3 Å². The standard InChI is InChI=1S/C13H22N2O2/c1-5-13(4)11(17)15(8-9-6-7-9)12(2,3)10(16)14-13/h9H,5-8H2,1-4H3,(H,14,16). The molecule has 1 unspecified atom stereocenters. The summed E-state index contributed by atoms with van der Waals surface area (Å²) in [6, 6.07) is 0. The number of carbonyl (C=O) groups excluding carboxylic acids is 2. The third kappa shape index (κ3) is 1.94. The lowest BCUT2D eigenvalue weighted by Crippen LogP contribution is -2.73. The second-order valence-electron chi connectivity index (χ2n) is 6.06. The summed E-state index contributed by atoms with van der Waals surface area (Å²) in [5.74, 6) is 0.629. The number of amides is 2. The van der Waals surface area contributed by atoms with Gasteiger partial charge in [0.25, 0.3) is 0 Å². The molecule has 0 radical (unpaired) electrons. The zero-order valence-electron chi connectivity index (χ0n) is 11.2. The van der Waals surface area contributed by atoms with Crippen molar-refractivity contribution in [3.8, 4) is 0 Å². The van der Waals surface area contributed by atoms with Crippen molar-refractivity contribution in [3.63, 3.8) is 0 Å². The summed E-state index contributed by atoms with van der Waals surface area (Å²) in [7, 11) is 0. The molecule has 4 nitrogen and oxygen atoms in total. The van der Waals surface area contributed by atoms with E-state index in [1.54, 1.807) is 4.90 Å². The Morgan fingerprint density at radius 2 is 1.88 bits per heavy atom. The van der Waals surface area contributed by atoms with Crippen molar-refractivity contribution in [1.29, 1.82) is 0 Å². The number of nitrogens with one attached hydrogen (secondary N) is 1. The van der Waals surface area contributed by atoms with Crippen LogP contribution in [0.2, 0.25) is 0 Å². The topological polar surface area (TPSA) is 49.4 Å². The molecule has 0 bridgehead atoms. The Balaban J connectivity index is 2.28. The van der Waals surface area contributed by atoms with Crippen LogP contribution in [0, 0.1) is 5.92 Å². The highest BCUT2D eigenvalue weighted by molar-refractivity contribution is 6.01. The summed E-state index contributed by atoms with van der Waals surface area (Å²) < 4.78 is 0. The maximum absolute atomic E-state index is 12.5. The molecule has 2 fully saturated rings. The normalized spacial score (nSPS) is 32.6. The minimum Gasteiger partial charge on any atom is -0.340 e. The van der Waals surface area contributed by atoms with E-state index >= 15 is 0 Å². The third-order valence-electron chi connectivity index (χ3n) is 4.18. The summed E-state index contributed by atoms with van der Waals surface area (Å²) in [5.41, 5.74) is -1.43. The molecule has 0 spiro atoms. The highest BCUT2D eigenvalue weighted by Crippen LogP contribution is 2.35. The SMILES string of the molecule is CCC1(C)NC(=O)C(C)(C)N(CC2CC2)C1=O. The van der Waals surface area contributed by atoms with E-state index in [9.17, 15) is 9.59 Å². The largest absolute Gasteiger partial charge is 0.340 e. The van der Waals surface area contributed by atoms with Crippen molar-refractivity contribution >= 4 is 11.8 Å². The van der Waals surface area contributed by atoms with Crippen LogP contribution >= 0.6 is 0 Å². The molecule has 2 rings (SSSR count). The smallest absolute Gasteiger partial charge is 0.248 e. The summed E-state index contributed by atoms with van der Waals surface area (Å²) in [6.07, 6.45) is 3.00. The fourth-order valence-corrected chi connectivity index (χ4v) is 2.24. The molecule has 4 heteroatoms. The molecule has 0 aromatic rings. The Hall–Kier alpha value is -1.06. The van der Waals surface area contributed by atoms with E-state index in [1.165, 1.54) is 12.8 Å². The molecule has 1 aliphatic carbocycles. The maximum atomic E-state index is 12.5. The molecule has 1 saturated carbocycles. The molecular formula is C13H22N2O2. The predicted molar refractivity (Wildman–Crippen MR) is 65.4 cm³/mol. The van der Waals surface area contributed by atoms with Crippen molar-refractivity contribution < 1.29 is 9.59 Å². The average molecular weight is 238 g/mol. The Kier molecular flexibility index (Phi) is 2.71. The molecule has 17 heavy (non-hydrogen) atoms. The van der Waals surface area contributed by atoms with Crippen molar-refractivity contribution in [3.05, 3.63) is 0 Å². The van der Waals surface area contributed by atoms with Gasteiger partial charge in [0.2, 0.25) is 11.8 Å².